The Labute approximate surface area is 147 Å². The molecule has 0 radical (unpaired) electrons. The molecule has 0 saturated heterocycles. The molecule has 0 saturated carbocycles. The first-order valence-corrected chi connectivity index (χ1v) is 8.69. The zero-order valence-corrected chi connectivity index (χ0v) is 14.7. The Morgan fingerprint density at radius 3 is 2.40 bits per heavy atom. The molecule has 124 valence electrons. The summed E-state index contributed by atoms with van der Waals surface area (Å²) in [7, 11) is 2.15. The summed E-state index contributed by atoms with van der Waals surface area (Å²) < 4.78 is 6.32. The summed E-state index contributed by atoms with van der Waals surface area (Å²) in [5.74, 6) is 0. The first-order valence-electron chi connectivity index (χ1n) is 8.69. The second kappa shape index (κ2) is 5.03. The second-order valence-corrected chi connectivity index (χ2v) is 6.81. The van der Waals surface area contributed by atoms with Crippen LogP contribution in [0.3, 0.4) is 0 Å². The summed E-state index contributed by atoms with van der Waals surface area (Å²) in [6.07, 6.45) is 0.231. The van der Waals surface area contributed by atoms with Gasteiger partial charge in [0.2, 0.25) is 0 Å². The van der Waals surface area contributed by atoms with E-state index >= 15 is 0 Å². The number of nitrogens with zero attached hydrogens (tertiary/aromatic N) is 2. The Balaban J connectivity index is 1.85. The van der Waals surface area contributed by atoms with Crippen LogP contribution in [0.25, 0.3) is 21.9 Å². The zero-order valence-electron chi connectivity index (χ0n) is 14.7. The molecule has 4 aromatic rings. The highest BCUT2D eigenvalue weighted by molar-refractivity contribution is 6.10. The summed E-state index contributed by atoms with van der Waals surface area (Å²) >= 11 is 0. The van der Waals surface area contributed by atoms with Crippen molar-refractivity contribution in [1.29, 1.82) is 0 Å². The Kier molecular flexibility index (Phi) is 2.90. The first-order chi connectivity index (χ1) is 12.2. The van der Waals surface area contributed by atoms with Crippen LogP contribution in [-0.4, -0.2) is 13.2 Å². The highest BCUT2D eigenvalue weighted by Crippen LogP contribution is 2.47. The Morgan fingerprint density at radius 2 is 1.56 bits per heavy atom. The van der Waals surface area contributed by atoms with Gasteiger partial charge in [0.1, 0.15) is 11.7 Å². The molecule has 0 bridgehead atoms. The lowest BCUT2D eigenvalue weighted by Crippen LogP contribution is -2.36. The fraction of sp³-hybridized carbons (Fsp3) is 0.182. The number of para-hydroxylation sites is 3. The molecule has 0 fully saturated rings. The molecule has 0 amide bonds. The number of fused-ring (bicyclic) bond motifs is 4. The van der Waals surface area contributed by atoms with Gasteiger partial charge < -0.3 is 14.2 Å². The van der Waals surface area contributed by atoms with Crippen molar-refractivity contribution in [3.05, 3.63) is 66.2 Å². The van der Waals surface area contributed by atoms with Gasteiger partial charge in [-0.25, -0.2) is 0 Å². The van der Waals surface area contributed by atoms with Crippen LogP contribution in [0, 0.1) is 6.92 Å². The van der Waals surface area contributed by atoms with Gasteiger partial charge in [0.25, 0.3) is 0 Å². The van der Waals surface area contributed by atoms with E-state index in [1.165, 1.54) is 27.7 Å². The van der Waals surface area contributed by atoms with E-state index in [1.807, 2.05) is 12.1 Å². The van der Waals surface area contributed by atoms with Crippen molar-refractivity contribution in [2.75, 3.05) is 16.8 Å². The number of anilines is 3. The highest BCUT2D eigenvalue weighted by Gasteiger charge is 2.33. The van der Waals surface area contributed by atoms with Crippen molar-refractivity contribution in [2.45, 2.75) is 20.0 Å². The molecule has 2 heterocycles. The lowest BCUT2D eigenvalue weighted by molar-refractivity contribution is 0.661. The minimum absolute atomic E-state index is 0.231. The third-order valence-electron chi connectivity index (χ3n) is 5.42. The lowest BCUT2D eigenvalue weighted by atomic mass is 10.1. The predicted octanol–water partition coefficient (Wildman–Crippen LogP) is 5.83. The molecule has 0 aliphatic carbocycles. The van der Waals surface area contributed by atoms with Gasteiger partial charge in [-0.1, -0.05) is 42.5 Å². The summed E-state index contributed by atoms with van der Waals surface area (Å²) in [6, 6.07) is 21.2. The van der Waals surface area contributed by atoms with E-state index in [2.05, 4.69) is 79.2 Å². The van der Waals surface area contributed by atoms with Gasteiger partial charge in [-0.05, 0) is 37.6 Å². The van der Waals surface area contributed by atoms with Gasteiger partial charge in [-0.3, -0.25) is 0 Å². The van der Waals surface area contributed by atoms with Crippen molar-refractivity contribution in [3.8, 4) is 0 Å². The molecule has 3 nitrogen and oxygen atoms in total. The number of benzene rings is 3. The minimum atomic E-state index is 0.231. The second-order valence-electron chi connectivity index (χ2n) is 6.81. The molecule has 0 spiro atoms. The number of hydrogen-bond acceptors (Lipinski definition) is 3. The largest absolute Gasteiger partial charge is 0.454 e. The summed E-state index contributed by atoms with van der Waals surface area (Å²) in [4.78, 5) is 4.71. The van der Waals surface area contributed by atoms with E-state index in [1.54, 1.807) is 0 Å². The normalized spacial score (nSPS) is 16.8. The topological polar surface area (TPSA) is 19.6 Å². The molecule has 1 aliphatic rings. The van der Waals surface area contributed by atoms with Crippen LogP contribution >= 0.6 is 0 Å². The third-order valence-corrected chi connectivity index (χ3v) is 5.42. The maximum absolute atomic E-state index is 6.32. The van der Waals surface area contributed by atoms with Crippen LogP contribution < -0.4 is 9.80 Å². The number of furan rings is 1. The monoisotopic (exact) mass is 328 g/mol. The van der Waals surface area contributed by atoms with Gasteiger partial charge in [0, 0.05) is 17.8 Å². The van der Waals surface area contributed by atoms with E-state index < -0.39 is 0 Å². The standard InChI is InChI=1S/C22H20N2O/c1-14-12-13-17-16-8-4-7-11-20(16)25-22(17)21(14)24-15(2)23(3)18-9-5-6-10-19(18)24/h4-13,15H,1-3H3/t15-/m1/s1. The maximum atomic E-state index is 6.32. The molecular formula is C22H20N2O. The van der Waals surface area contributed by atoms with Crippen LogP contribution in [0.5, 0.6) is 0 Å². The molecule has 0 N–H and O–H groups in total. The van der Waals surface area contributed by atoms with Gasteiger partial charge >= 0.3 is 0 Å². The van der Waals surface area contributed by atoms with Gasteiger partial charge in [-0.15, -0.1) is 0 Å². The zero-order chi connectivity index (χ0) is 17.1. The van der Waals surface area contributed by atoms with Gasteiger partial charge in [0.05, 0.1) is 17.1 Å². The van der Waals surface area contributed by atoms with E-state index in [4.69, 9.17) is 4.42 Å². The first kappa shape index (κ1) is 14.4. The van der Waals surface area contributed by atoms with E-state index in [0.29, 0.717) is 0 Å². The molecule has 3 heteroatoms. The predicted molar refractivity (Wildman–Crippen MR) is 105 cm³/mol. The van der Waals surface area contributed by atoms with Gasteiger partial charge in [0.15, 0.2) is 5.58 Å². The number of aryl methyl sites for hydroxylation is 1. The molecule has 3 aromatic carbocycles. The summed E-state index contributed by atoms with van der Waals surface area (Å²) in [6.45, 7) is 4.40. The molecule has 1 atom stereocenters. The molecule has 5 rings (SSSR count). The lowest BCUT2D eigenvalue weighted by Gasteiger charge is -2.29. The summed E-state index contributed by atoms with van der Waals surface area (Å²) in [5, 5.41) is 2.35. The average Bonchev–Trinajstić information content (AvgIpc) is 3.12. The van der Waals surface area contributed by atoms with Crippen molar-refractivity contribution in [1.82, 2.24) is 0 Å². The van der Waals surface area contributed by atoms with Crippen molar-refractivity contribution < 1.29 is 4.42 Å². The summed E-state index contributed by atoms with van der Waals surface area (Å²) in [5.41, 5.74) is 6.79. The number of hydrogen-bond donors (Lipinski definition) is 0. The fourth-order valence-electron chi connectivity index (χ4n) is 4.02. The van der Waals surface area contributed by atoms with Crippen LogP contribution in [0.1, 0.15) is 12.5 Å². The molecule has 1 aliphatic heterocycles. The molecule has 1 aromatic heterocycles. The molecular weight excluding hydrogens is 308 g/mol. The Hall–Kier alpha value is -2.94. The number of rotatable bonds is 1. The van der Waals surface area contributed by atoms with Crippen LogP contribution in [0.15, 0.2) is 65.1 Å². The van der Waals surface area contributed by atoms with Crippen molar-refractivity contribution in [3.63, 3.8) is 0 Å². The van der Waals surface area contributed by atoms with E-state index in [9.17, 15) is 0 Å². The quantitative estimate of drug-likeness (QED) is 0.438. The Morgan fingerprint density at radius 1 is 0.840 bits per heavy atom. The average molecular weight is 328 g/mol. The fourth-order valence-corrected chi connectivity index (χ4v) is 4.02. The smallest absolute Gasteiger partial charge is 0.159 e. The molecule has 0 unspecified atom stereocenters. The van der Waals surface area contributed by atoms with Gasteiger partial charge in [-0.2, -0.15) is 0 Å². The van der Waals surface area contributed by atoms with E-state index in [-0.39, 0.29) is 6.17 Å². The third kappa shape index (κ3) is 1.86. The maximum Gasteiger partial charge on any atom is 0.159 e. The van der Waals surface area contributed by atoms with Crippen LogP contribution in [0.4, 0.5) is 17.1 Å². The van der Waals surface area contributed by atoms with Crippen LogP contribution in [0.2, 0.25) is 0 Å². The Bertz CT molecular complexity index is 1110. The molecule has 25 heavy (non-hydrogen) atoms. The highest BCUT2D eigenvalue weighted by atomic mass is 16.3. The van der Waals surface area contributed by atoms with E-state index in [0.717, 1.165) is 16.9 Å². The van der Waals surface area contributed by atoms with Crippen molar-refractivity contribution >= 4 is 39.0 Å². The van der Waals surface area contributed by atoms with Crippen molar-refractivity contribution in [2.24, 2.45) is 0 Å². The SMILES string of the molecule is Cc1ccc2c(oc3ccccc32)c1N1c2ccccc2N(C)[C@H]1C. The van der Waals surface area contributed by atoms with Crippen LogP contribution in [-0.2, 0) is 0 Å². The minimum Gasteiger partial charge on any atom is -0.454 e.